The van der Waals surface area contributed by atoms with Gasteiger partial charge in [-0.2, -0.15) is 0 Å². The van der Waals surface area contributed by atoms with Crippen LogP contribution in [0.5, 0.6) is 0 Å². The summed E-state index contributed by atoms with van der Waals surface area (Å²) in [6.07, 6.45) is 3.19. The predicted octanol–water partition coefficient (Wildman–Crippen LogP) is 2.37. The third-order valence-electron chi connectivity index (χ3n) is 3.16. The number of nitrogens with one attached hydrogen (secondary N) is 1. The van der Waals surface area contributed by atoms with E-state index in [1.54, 1.807) is 31.6 Å². The number of amides is 1. The second-order valence-corrected chi connectivity index (χ2v) is 4.83. The standard InChI is InChI=1S/C16H18N2O2/c1-16(12-20-2,14-8-4-3-5-9-14)18-15(19)13-7-6-10-17-11-13/h3-11H,12H2,1-2H3,(H,18,19). The smallest absolute Gasteiger partial charge is 0.253 e. The van der Waals surface area contributed by atoms with Crippen LogP contribution < -0.4 is 5.32 Å². The van der Waals surface area contributed by atoms with Crippen molar-refractivity contribution in [1.82, 2.24) is 10.3 Å². The lowest BCUT2D eigenvalue weighted by molar-refractivity contribution is 0.0785. The highest BCUT2D eigenvalue weighted by atomic mass is 16.5. The van der Waals surface area contributed by atoms with Crippen LogP contribution in [-0.4, -0.2) is 24.6 Å². The molecule has 4 nitrogen and oxygen atoms in total. The van der Waals surface area contributed by atoms with Crippen LogP contribution in [0.3, 0.4) is 0 Å². The molecule has 0 fully saturated rings. The maximum atomic E-state index is 12.3. The number of aromatic nitrogens is 1. The maximum absolute atomic E-state index is 12.3. The molecule has 1 unspecified atom stereocenters. The van der Waals surface area contributed by atoms with Crippen LogP contribution in [0.1, 0.15) is 22.8 Å². The first-order valence-corrected chi connectivity index (χ1v) is 6.43. The van der Waals surface area contributed by atoms with Crippen LogP contribution in [0, 0.1) is 0 Å². The van der Waals surface area contributed by atoms with E-state index in [0.717, 1.165) is 5.56 Å². The Morgan fingerprint density at radius 3 is 2.60 bits per heavy atom. The lowest BCUT2D eigenvalue weighted by atomic mass is 9.92. The Morgan fingerprint density at radius 2 is 2.00 bits per heavy atom. The van der Waals surface area contributed by atoms with E-state index in [1.165, 1.54) is 0 Å². The molecule has 1 heterocycles. The van der Waals surface area contributed by atoms with Crippen LogP contribution in [0.15, 0.2) is 54.9 Å². The Kier molecular flexibility index (Phi) is 4.48. The molecular formula is C16H18N2O2. The van der Waals surface area contributed by atoms with Crippen molar-refractivity contribution in [1.29, 1.82) is 0 Å². The van der Waals surface area contributed by atoms with E-state index < -0.39 is 5.54 Å². The molecule has 1 amide bonds. The summed E-state index contributed by atoms with van der Waals surface area (Å²) in [6.45, 7) is 2.34. The molecule has 0 aliphatic rings. The summed E-state index contributed by atoms with van der Waals surface area (Å²) in [4.78, 5) is 16.3. The molecule has 104 valence electrons. The molecule has 2 rings (SSSR count). The molecule has 0 saturated heterocycles. The molecule has 1 atom stereocenters. The molecular weight excluding hydrogens is 252 g/mol. The predicted molar refractivity (Wildman–Crippen MR) is 77.4 cm³/mol. The Bertz CT molecular complexity index is 557. The third kappa shape index (κ3) is 3.22. The van der Waals surface area contributed by atoms with Gasteiger partial charge in [-0.1, -0.05) is 30.3 Å². The Hall–Kier alpha value is -2.20. The lowest BCUT2D eigenvalue weighted by Crippen LogP contribution is -2.46. The van der Waals surface area contributed by atoms with Gasteiger partial charge in [0.2, 0.25) is 0 Å². The number of benzene rings is 1. The van der Waals surface area contributed by atoms with Gasteiger partial charge in [-0.3, -0.25) is 9.78 Å². The van der Waals surface area contributed by atoms with Crippen LogP contribution in [0.2, 0.25) is 0 Å². The van der Waals surface area contributed by atoms with Crippen LogP contribution >= 0.6 is 0 Å². The van der Waals surface area contributed by atoms with Gasteiger partial charge in [-0.05, 0) is 24.6 Å². The minimum absolute atomic E-state index is 0.165. The van der Waals surface area contributed by atoms with Gasteiger partial charge in [0.25, 0.3) is 5.91 Å². The van der Waals surface area contributed by atoms with Crippen molar-refractivity contribution in [3.05, 3.63) is 66.0 Å². The number of pyridine rings is 1. The van der Waals surface area contributed by atoms with E-state index in [-0.39, 0.29) is 5.91 Å². The zero-order valence-electron chi connectivity index (χ0n) is 11.7. The monoisotopic (exact) mass is 270 g/mol. The van der Waals surface area contributed by atoms with Crippen molar-refractivity contribution in [2.75, 3.05) is 13.7 Å². The van der Waals surface area contributed by atoms with Crippen molar-refractivity contribution in [2.45, 2.75) is 12.5 Å². The zero-order chi connectivity index (χ0) is 14.4. The van der Waals surface area contributed by atoms with Gasteiger partial charge < -0.3 is 10.1 Å². The normalized spacial score (nSPS) is 13.5. The summed E-state index contributed by atoms with van der Waals surface area (Å²) in [5.41, 5.74) is 0.952. The van der Waals surface area contributed by atoms with E-state index in [4.69, 9.17) is 4.74 Å². The van der Waals surface area contributed by atoms with E-state index >= 15 is 0 Å². The second kappa shape index (κ2) is 6.30. The minimum Gasteiger partial charge on any atom is -0.382 e. The number of hydrogen-bond donors (Lipinski definition) is 1. The van der Waals surface area contributed by atoms with E-state index in [2.05, 4.69) is 10.3 Å². The van der Waals surface area contributed by atoms with Gasteiger partial charge in [-0.25, -0.2) is 0 Å². The first-order chi connectivity index (χ1) is 9.65. The van der Waals surface area contributed by atoms with Crippen molar-refractivity contribution in [3.63, 3.8) is 0 Å². The highest BCUT2D eigenvalue weighted by molar-refractivity contribution is 5.94. The molecule has 2 aromatic rings. The van der Waals surface area contributed by atoms with Gasteiger partial charge in [0.1, 0.15) is 0 Å². The molecule has 0 aliphatic carbocycles. The fourth-order valence-corrected chi connectivity index (χ4v) is 2.11. The second-order valence-electron chi connectivity index (χ2n) is 4.83. The van der Waals surface area contributed by atoms with E-state index in [0.29, 0.717) is 12.2 Å². The first kappa shape index (κ1) is 14.2. The molecule has 4 heteroatoms. The number of methoxy groups -OCH3 is 1. The number of carbonyl (C=O) groups excluding carboxylic acids is 1. The first-order valence-electron chi connectivity index (χ1n) is 6.43. The quantitative estimate of drug-likeness (QED) is 0.907. The van der Waals surface area contributed by atoms with Crippen LogP contribution in [0.25, 0.3) is 0 Å². The number of carbonyl (C=O) groups is 1. The maximum Gasteiger partial charge on any atom is 0.253 e. The number of nitrogens with zero attached hydrogens (tertiary/aromatic N) is 1. The third-order valence-corrected chi connectivity index (χ3v) is 3.16. The van der Waals surface area contributed by atoms with Crippen molar-refractivity contribution < 1.29 is 9.53 Å². The Labute approximate surface area is 118 Å². The van der Waals surface area contributed by atoms with Gasteiger partial charge in [0.05, 0.1) is 17.7 Å². The van der Waals surface area contributed by atoms with Crippen molar-refractivity contribution in [3.8, 4) is 0 Å². The number of ether oxygens (including phenoxy) is 1. The topological polar surface area (TPSA) is 51.2 Å². The van der Waals surface area contributed by atoms with E-state index in [9.17, 15) is 4.79 Å². The summed E-state index contributed by atoms with van der Waals surface area (Å²) in [5, 5.41) is 3.02. The molecule has 0 saturated carbocycles. The average molecular weight is 270 g/mol. The largest absolute Gasteiger partial charge is 0.382 e. The fraction of sp³-hybridized carbons (Fsp3) is 0.250. The molecule has 0 spiro atoms. The number of rotatable bonds is 5. The zero-order valence-corrected chi connectivity index (χ0v) is 11.7. The summed E-state index contributed by atoms with van der Waals surface area (Å²) in [6, 6.07) is 13.3. The van der Waals surface area contributed by atoms with Gasteiger partial charge >= 0.3 is 0 Å². The van der Waals surface area contributed by atoms with Crippen molar-refractivity contribution >= 4 is 5.91 Å². The molecule has 1 aromatic carbocycles. The van der Waals surface area contributed by atoms with Gasteiger partial charge in [-0.15, -0.1) is 0 Å². The van der Waals surface area contributed by atoms with Gasteiger partial charge in [0.15, 0.2) is 0 Å². The molecule has 1 aromatic heterocycles. The fourth-order valence-electron chi connectivity index (χ4n) is 2.11. The SMILES string of the molecule is COCC(C)(NC(=O)c1cccnc1)c1ccccc1. The summed E-state index contributed by atoms with van der Waals surface area (Å²) in [7, 11) is 1.62. The molecule has 0 bridgehead atoms. The Balaban J connectivity index is 2.24. The lowest BCUT2D eigenvalue weighted by Gasteiger charge is -2.30. The van der Waals surface area contributed by atoms with Gasteiger partial charge in [0, 0.05) is 19.5 Å². The molecule has 0 radical (unpaired) electrons. The minimum atomic E-state index is -0.580. The summed E-state index contributed by atoms with van der Waals surface area (Å²) >= 11 is 0. The molecule has 0 aliphatic heterocycles. The highest BCUT2D eigenvalue weighted by Crippen LogP contribution is 2.21. The number of hydrogen-bond acceptors (Lipinski definition) is 3. The molecule has 1 N–H and O–H groups in total. The Morgan fingerprint density at radius 1 is 1.25 bits per heavy atom. The summed E-state index contributed by atoms with van der Waals surface area (Å²) in [5.74, 6) is -0.165. The summed E-state index contributed by atoms with van der Waals surface area (Å²) < 4.78 is 5.27. The average Bonchev–Trinajstić information content (AvgIpc) is 2.49. The highest BCUT2D eigenvalue weighted by Gasteiger charge is 2.28. The van der Waals surface area contributed by atoms with Crippen molar-refractivity contribution in [2.24, 2.45) is 0 Å². The van der Waals surface area contributed by atoms with Crippen LogP contribution in [-0.2, 0) is 10.3 Å². The molecule has 20 heavy (non-hydrogen) atoms. The van der Waals surface area contributed by atoms with E-state index in [1.807, 2.05) is 37.3 Å². The van der Waals surface area contributed by atoms with Crippen LogP contribution in [0.4, 0.5) is 0 Å².